The second-order valence-electron chi connectivity index (χ2n) is 12.7. The van der Waals surface area contributed by atoms with Crippen LogP contribution < -0.4 is 0 Å². The zero-order valence-electron chi connectivity index (χ0n) is 22.2. The Hall–Kier alpha value is -1.17. The maximum Gasteiger partial charge on any atom is 0.181 e. The molecule has 5 rings (SSSR count). The molecule has 1 aromatic carbocycles. The summed E-state index contributed by atoms with van der Waals surface area (Å²) in [5, 5.41) is 20.1. The number of aliphatic hydroxyl groups excluding tert-OH is 1. The monoisotopic (exact) mass is 514 g/mol. The fourth-order valence-electron chi connectivity index (χ4n) is 9.04. The van der Waals surface area contributed by atoms with Gasteiger partial charge >= 0.3 is 0 Å². The van der Waals surface area contributed by atoms with Gasteiger partial charge in [0.05, 0.1) is 15.7 Å². The van der Waals surface area contributed by atoms with Crippen LogP contribution in [0.3, 0.4) is 0 Å². The number of hydrogen-bond donors (Lipinski definition) is 2. The van der Waals surface area contributed by atoms with Crippen molar-refractivity contribution in [2.45, 2.75) is 107 Å². The smallest absolute Gasteiger partial charge is 0.181 e. The minimum atomic E-state index is -3.44. The van der Waals surface area contributed by atoms with Crippen LogP contribution in [0.15, 0.2) is 46.9 Å². The first-order chi connectivity index (χ1) is 17.2. The molecule has 5 unspecified atom stereocenters. The molecule has 0 spiro atoms. The first kappa shape index (κ1) is 26.4. The van der Waals surface area contributed by atoms with E-state index in [-0.39, 0.29) is 6.61 Å². The Labute approximate surface area is 218 Å². The van der Waals surface area contributed by atoms with Crippen LogP contribution in [0.1, 0.15) is 90.9 Å². The summed E-state index contributed by atoms with van der Waals surface area (Å²) in [5.74, 6) is 3.48. The maximum absolute atomic E-state index is 13.3. The predicted molar refractivity (Wildman–Crippen MR) is 144 cm³/mol. The number of allylic oxidation sites excluding steroid dienone is 1. The van der Waals surface area contributed by atoms with Gasteiger partial charge in [0.15, 0.2) is 9.84 Å². The molecule has 3 fully saturated rings. The quantitative estimate of drug-likeness (QED) is 0.398. The minimum absolute atomic E-state index is 0.0890. The van der Waals surface area contributed by atoms with Gasteiger partial charge in [-0.25, -0.2) is 8.42 Å². The van der Waals surface area contributed by atoms with Crippen molar-refractivity contribution in [1.82, 2.24) is 0 Å². The topological polar surface area (TPSA) is 74.6 Å². The molecule has 0 radical (unpaired) electrons. The van der Waals surface area contributed by atoms with Crippen LogP contribution in [-0.2, 0) is 9.84 Å². The van der Waals surface area contributed by atoms with E-state index < -0.39 is 20.7 Å². The van der Waals surface area contributed by atoms with Crippen LogP contribution in [0.5, 0.6) is 0 Å². The maximum atomic E-state index is 13.3. The van der Waals surface area contributed by atoms with Crippen molar-refractivity contribution >= 4 is 9.84 Å². The largest absolute Gasteiger partial charge is 0.396 e. The standard InChI is InChI=1S/C31H46O4S/c1-3-31(33)19-16-26-22(21-31)9-13-28-27(26)15-18-30(2)23(11-14-29(28)30)10-12-25(17-20-32)36(34,35)24-7-5-4-6-8-24/h4-9,23,25-29,32-33H,3,10-21H2,1-2H3/t23-,25?,26?,27?,28+,29?,30?,31-/m0/s1. The number of fused-ring (bicyclic) bond motifs is 5. The molecule has 36 heavy (non-hydrogen) atoms. The summed E-state index contributed by atoms with van der Waals surface area (Å²) in [7, 11) is -3.44. The minimum Gasteiger partial charge on any atom is -0.396 e. The Bertz CT molecular complexity index is 1050. The molecule has 8 atom stereocenters. The molecule has 4 aliphatic rings. The van der Waals surface area contributed by atoms with E-state index in [4.69, 9.17) is 0 Å². The second-order valence-corrected chi connectivity index (χ2v) is 15.0. The molecule has 2 N–H and O–H groups in total. The number of hydrogen-bond acceptors (Lipinski definition) is 4. The third-order valence-electron chi connectivity index (χ3n) is 11.2. The molecular formula is C31H46O4S. The average molecular weight is 515 g/mol. The lowest BCUT2D eigenvalue weighted by Crippen LogP contribution is -2.47. The summed E-state index contributed by atoms with van der Waals surface area (Å²) in [6.45, 7) is 4.54. The van der Waals surface area contributed by atoms with Gasteiger partial charge in [-0.15, -0.1) is 0 Å². The predicted octanol–water partition coefficient (Wildman–Crippen LogP) is 6.32. The SMILES string of the molecule is CC[C@]1(O)CCC2C(=CC[C@@H]3C2CCC2(C)C3CC[C@@H]2CCC(CCO)S(=O)(=O)c2ccccc2)C1. The highest BCUT2D eigenvalue weighted by molar-refractivity contribution is 7.92. The van der Waals surface area contributed by atoms with Crippen LogP contribution in [0.25, 0.3) is 0 Å². The number of rotatable bonds is 8. The molecule has 0 heterocycles. The van der Waals surface area contributed by atoms with E-state index in [0.717, 1.165) is 49.9 Å². The van der Waals surface area contributed by atoms with E-state index in [0.29, 0.717) is 35.0 Å². The molecule has 4 aliphatic carbocycles. The third-order valence-corrected chi connectivity index (χ3v) is 13.5. The van der Waals surface area contributed by atoms with Crippen molar-refractivity contribution in [1.29, 1.82) is 0 Å². The fraction of sp³-hybridized carbons (Fsp3) is 0.742. The van der Waals surface area contributed by atoms with E-state index in [1.807, 2.05) is 6.07 Å². The molecular weight excluding hydrogens is 468 g/mol. The normalized spacial score (nSPS) is 39.0. The molecule has 3 saturated carbocycles. The van der Waals surface area contributed by atoms with Gasteiger partial charge in [0.2, 0.25) is 0 Å². The molecule has 200 valence electrons. The first-order valence-electron chi connectivity index (χ1n) is 14.5. The molecule has 1 aromatic rings. The lowest BCUT2D eigenvalue weighted by molar-refractivity contribution is -0.0406. The number of benzene rings is 1. The van der Waals surface area contributed by atoms with E-state index >= 15 is 0 Å². The van der Waals surface area contributed by atoms with Crippen LogP contribution in [0.4, 0.5) is 0 Å². The highest BCUT2D eigenvalue weighted by Crippen LogP contribution is 2.64. The van der Waals surface area contributed by atoms with Crippen molar-refractivity contribution in [2.75, 3.05) is 6.61 Å². The Morgan fingerprint density at radius 2 is 1.81 bits per heavy atom. The van der Waals surface area contributed by atoms with Gasteiger partial charge in [0.1, 0.15) is 0 Å². The Kier molecular flexibility index (Phi) is 7.48. The lowest BCUT2D eigenvalue weighted by Gasteiger charge is -2.54. The van der Waals surface area contributed by atoms with Gasteiger partial charge in [-0.05, 0) is 124 Å². The molecule has 5 heteroatoms. The van der Waals surface area contributed by atoms with Crippen molar-refractivity contribution in [3.8, 4) is 0 Å². The third kappa shape index (κ3) is 4.62. The zero-order chi connectivity index (χ0) is 25.6. The second kappa shape index (κ2) is 10.2. The fourth-order valence-corrected chi connectivity index (χ4v) is 10.8. The molecule has 0 amide bonds. The summed E-state index contributed by atoms with van der Waals surface area (Å²) in [4.78, 5) is 0.381. The van der Waals surface area contributed by atoms with E-state index in [2.05, 4.69) is 19.9 Å². The summed E-state index contributed by atoms with van der Waals surface area (Å²) in [6, 6.07) is 8.78. The molecule has 0 aliphatic heterocycles. The van der Waals surface area contributed by atoms with Gasteiger partial charge < -0.3 is 10.2 Å². The summed E-state index contributed by atoms with van der Waals surface area (Å²) < 4.78 is 26.7. The van der Waals surface area contributed by atoms with Gasteiger partial charge in [0, 0.05) is 6.61 Å². The number of aliphatic hydroxyl groups is 2. The lowest BCUT2D eigenvalue weighted by atomic mass is 9.51. The first-order valence-corrected chi connectivity index (χ1v) is 16.1. The van der Waals surface area contributed by atoms with Crippen LogP contribution in [-0.4, -0.2) is 36.1 Å². The summed E-state index contributed by atoms with van der Waals surface area (Å²) >= 11 is 0. The van der Waals surface area contributed by atoms with Crippen molar-refractivity contribution in [2.24, 2.45) is 35.0 Å². The van der Waals surface area contributed by atoms with Gasteiger partial charge in [-0.3, -0.25) is 0 Å². The van der Waals surface area contributed by atoms with Crippen LogP contribution >= 0.6 is 0 Å². The Morgan fingerprint density at radius 3 is 2.53 bits per heavy atom. The van der Waals surface area contributed by atoms with Gasteiger partial charge in [0.25, 0.3) is 0 Å². The summed E-state index contributed by atoms with van der Waals surface area (Å²) in [5.41, 5.74) is 1.36. The number of sulfone groups is 1. The molecule has 0 bridgehead atoms. The Morgan fingerprint density at radius 1 is 1.03 bits per heavy atom. The van der Waals surface area contributed by atoms with Crippen LogP contribution in [0.2, 0.25) is 0 Å². The highest BCUT2D eigenvalue weighted by atomic mass is 32.2. The van der Waals surface area contributed by atoms with E-state index in [9.17, 15) is 18.6 Å². The summed E-state index contributed by atoms with van der Waals surface area (Å²) in [6.07, 6.45) is 14.4. The Balaban J connectivity index is 1.28. The van der Waals surface area contributed by atoms with Crippen molar-refractivity contribution < 1.29 is 18.6 Å². The van der Waals surface area contributed by atoms with Gasteiger partial charge in [-0.1, -0.05) is 43.7 Å². The van der Waals surface area contributed by atoms with Crippen LogP contribution in [0, 0.1) is 35.0 Å². The molecule has 4 nitrogen and oxygen atoms in total. The highest BCUT2D eigenvalue weighted by Gasteiger charge is 2.56. The van der Waals surface area contributed by atoms with E-state index in [1.165, 1.54) is 32.1 Å². The van der Waals surface area contributed by atoms with E-state index in [1.54, 1.807) is 29.8 Å². The van der Waals surface area contributed by atoms with Gasteiger partial charge in [-0.2, -0.15) is 0 Å². The molecule has 0 saturated heterocycles. The van der Waals surface area contributed by atoms with Crippen molar-refractivity contribution in [3.05, 3.63) is 42.0 Å². The average Bonchev–Trinajstić information content (AvgIpc) is 3.22. The molecule has 0 aromatic heterocycles. The zero-order valence-corrected chi connectivity index (χ0v) is 23.1. The van der Waals surface area contributed by atoms with Crippen molar-refractivity contribution in [3.63, 3.8) is 0 Å².